The summed E-state index contributed by atoms with van der Waals surface area (Å²) < 4.78 is 21.6. The minimum absolute atomic E-state index is 0.111. The summed E-state index contributed by atoms with van der Waals surface area (Å²) in [7, 11) is 0. The number of hydrazine groups is 1. The van der Waals surface area contributed by atoms with Crippen LogP contribution in [0.15, 0.2) is 267 Å². The number of rotatable bonds is 20. The number of aromatic nitrogens is 14. The second kappa shape index (κ2) is 48.9. The van der Waals surface area contributed by atoms with Crippen molar-refractivity contribution in [3.8, 4) is 33.9 Å². The van der Waals surface area contributed by atoms with Crippen molar-refractivity contribution in [2.75, 3.05) is 31.9 Å². The average Bonchev–Trinajstić information content (AvgIpc) is 1.66. The predicted molar refractivity (Wildman–Crippen MR) is 402 cm³/mol. The lowest BCUT2D eigenvalue weighted by molar-refractivity contribution is -0.142. The van der Waals surface area contributed by atoms with E-state index in [9.17, 15) is 28.8 Å². The van der Waals surface area contributed by atoms with Gasteiger partial charge in [-0.3, -0.25) is 69.7 Å². The van der Waals surface area contributed by atoms with E-state index in [-0.39, 0.29) is 29.3 Å². The first-order valence-corrected chi connectivity index (χ1v) is 32.9. The van der Waals surface area contributed by atoms with Gasteiger partial charge in [0.05, 0.1) is 67.2 Å². The van der Waals surface area contributed by atoms with Crippen molar-refractivity contribution in [2.24, 2.45) is 11.5 Å². The third kappa shape index (κ3) is 29.8. The van der Waals surface area contributed by atoms with E-state index in [1.807, 2.05) is 92.7 Å². The number of pyridine rings is 10. The van der Waals surface area contributed by atoms with Gasteiger partial charge in [0.25, 0.3) is 17.6 Å². The SMILES string of the molecule is CCOC(=O)C(=CNNc1ccccn1)c1cccnc1.CCOC(=O)C(=CO)c1cccnc1.CCOC(=O)Cc1cccnc1.CCOC=O.Cc1ccnc(-n2[nH]cc(-c3cccnc3)c2=O)c1.Cc1ccnc(CN)c1.NCc1ccccn1.O=c1c(-c2cccnc2)c[nH]n1-c1ccccn1. The molecule has 0 aliphatic heterocycles. The molecule has 0 saturated heterocycles. The third-order valence-electron chi connectivity index (χ3n) is 13.4. The number of anilines is 1. The van der Waals surface area contributed by atoms with E-state index in [1.54, 1.807) is 188 Å². The molecule has 0 aliphatic rings. The van der Waals surface area contributed by atoms with Gasteiger partial charge < -0.3 is 40.9 Å². The Morgan fingerprint density at radius 2 is 0.991 bits per heavy atom. The Morgan fingerprint density at radius 3 is 1.42 bits per heavy atom. The van der Waals surface area contributed by atoms with Crippen LogP contribution >= 0.6 is 0 Å². The van der Waals surface area contributed by atoms with Crippen LogP contribution in [0.3, 0.4) is 0 Å². The van der Waals surface area contributed by atoms with Gasteiger partial charge in [0.15, 0.2) is 11.6 Å². The normalized spacial score (nSPS) is 10.2. The molecule has 106 heavy (non-hydrogen) atoms. The van der Waals surface area contributed by atoms with Gasteiger partial charge in [0.1, 0.15) is 11.4 Å². The molecule has 0 amide bonds. The van der Waals surface area contributed by atoms with Crippen molar-refractivity contribution in [1.82, 2.24) is 74.8 Å². The van der Waals surface area contributed by atoms with Gasteiger partial charge in [-0.15, -0.1) is 0 Å². The molecular weight excluding hydrogens is 1350 g/mol. The molecular formula is C77H84N18O11. The van der Waals surface area contributed by atoms with Gasteiger partial charge in [-0.25, -0.2) is 33.9 Å². The number of H-pyrrole nitrogens is 2. The first-order valence-electron chi connectivity index (χ1n) is 32.9. The summed E-state index contributed by atoms with van der Waals surface area (Å²) in [6, 6.07) is 42.1. The van der Waals surface area contributed by atoms with Crippen LogP contribution in [0.5, 0.6) is 0 Å². The summed E-state index contributed by atoms with van der Waals surface area (Å²) in [5, 5.41) is 14.7. The zero-order valence-corrected chi connectivity index (χ0v) is 59.3. The Morgan fingerprint density at radius 1 is 0.500 bits per heavy atom. The topological polar surface area (TPSA) is 406 Å². The monoisotopic (exact) mass is 1440 g/mol. The van der Waals surface area contributed by atoms with Crippen LogP contribution in [0.2, 0.25) is 0 Å². The number of esters is 3. The molecule has 12 aromatic rings. The molecule has 12 aromatic heterocycles. The van der Waals surface area contributed by atoms with E-state index in [0.29, 0.717) is 91.1 Å². The number of hydrogen-bond donors (Lipinski definition) is 7. The molecule has 12 heterocycles. The Bertz CT molecular complexity index is 4580. The van der Waals surface area contributed by atoms with Crippen molar-refractivity contribution in [3.63, 3.8) is 0 Å². The number of aromatic amines is 2. The largest absolute Gasteiger partial charge is 0.515 e. The highest BCUT2D eigenvalue weighted by Gasteiger charge is 2.16. The van der Waals surface area contributed by atoms with Gasteiger partial charge in [0, 0.05) is 147 Å². The average molecular weight is 1440 g/mol. The van der Waals surface area contributed by atoms with Crippen LogP contribution in [0, 0.1) is 13.8 Å². The zero-order valence-electron chi connectivity index (χ0n) is 59.3. The number of ether oxygens (including phenoxy) is 4. The van der Waals surface area contributed by atoms with Crippen molar-refractivity contribution in [1.29, 1.82) is 0 Å². The molecule has 29 nitrogen and oxygen atoms in total. The lowest BCUT2D eigenvalue weighted by Crippen LogP contribution is -2.18. The minimum Gasteiger partial charge on any atom is -0.515 e. The highest BCUT2D eigenvalue weighted by atomic mass is 16.5. The lowest BCUT2D eigenvalue weighted by Gasteiger charge is -2.09. The van der Waals surface area contributed by atoms with Crippen LogP contribution in [0.1, 0.15) is 66.9 Å². The molecule has 0 fully saturated rings. The van der Waals surface area contributed by atoms with Crippen molar-refractivity contribution in [2.45, 2.75) is 61.1 Å². The van der Waals surface area contributed by atoms with Crippen molar-refractivity contribution < 1.29 is 43.2 Å². The Labute approximate surface area is 612 Å². The van der Waals surface area contributed by atoms with Gasteiger partial charge in [-0.05, 0) is 149 Å². The number of carbonyl (C=O) groups excluding carboxylic acids is 4. The maximum atomic E-state index is 12.3. The van der Waals surface area contributed by atoms with E-state index in [1.165, 1.54) is 27.3 Å². The second-order valence-electron chi connectivity index (χ2n) is 21.0. The predicted octanol–water partition coefficient (Wildman–Crippen LogP) is 9.85. The first kappa shape index (κ1) is 82.9. The molecule has 0 aliphatic carbocycles. The summed E-state index contributed by atoms with van der Waals surface area (Å²) in [6.07, 6.45) is 30.7. The highest BCUT2D eigenvalue weighted by Crippen LogP contribution is 2.18. The smallest absolute Gasteiger partial charge is 0.341 e. The number of hydrogen-bond acceptors (Lipinski definition) is 25. The summed E-state index contributed by atoms with van der Waals surface area (Å²) >= 11 is 0. The highest BCUT2D eigenvalue weighted by molar-refractivity contribution is 6.16. The molecule has 0 atom stereocenters. The van der Waals surface area contributed by atoms with E-state index < -0.39 is 11.9 Å². The molecule has 12 rings (SSSR count). The number of aryl methyl sites for hydroxylation is 2. The van der Waals surface area contributed by atoms with Gasteiger partial charge in [0.2, 0.25) is 0 Å². The molecule has 0 spiro atoms. The summed E-state index contributed by atoms with van der Waals surface area (Å²) in [6.45, 7) is 14.0. The van der Waals surface area contributed by atoms with Crippen LogP contribution in [0.4, 0.5) is 5.82 Å². The first-order chi connectivity index (χ1) is 51.7. The van der Waals surface area contributed by atoms with E-state index >= 15 is 0 Å². The fourth-order valence-electron chi connectivity index (χ4n) is 8.43. The van der Waals surface area contributed by atoms with E-state index in [2.05, 4.69) is 75.6 Å². The summed E-state index contributed by atoms with van der Waals surface area (Å²) in [4.78, 5) is 108. The van der Waals surface area contributed by atoms with Crippen molar-refractivity contribution >= 4 is 41.3 Å². The quantitative estimate of drug-likeness (QED) is 0.00931. The number of carbonyl (C=O) groups is 4. The maximum absolute atomic E-state index is 12.3. The molecule has 0 aromatic carbocycles. The summed E-state index contributed by atoms with van der Waals surface area (Å²) in [5.74, 6) is 0.621. The van der Waals surface area contributed by atoms with Gasteiger partial charge in [-0.1, -0.05) is 48.5 Å². The molecule has 0 saturated carbocycles. The van der Waals surface area contributed by atoms with Gasteiger partial charge in [-0.2, -0.15) is 0 Å². The number of nitrogens with zero attached hydrogens (tertiary/aromatic N) is 12. The number of aliphatic hydroxyl groups is 1. The lowest BCUT2D eigenvalue weighted by atomic mass is 10.1. The van der Waals surface area contributed by atoms with Crippen LogP contribution in [-0.2, 0) is 57.6 Å². The molecule has 0 unspecified atom stereocenters. The number of aliphatic hydroxyl groups excluding tert-OH is 1. The van der Waals surface area contributed by atoms with E-state index in [4.69, 9.17) is 30.8 Å². The standard InChI is InChI=1S/C15H16N4O2.C14H12N4O.C13H10N4O.C10H11NO3.C9H11NO2.C7H10N2.C6H8N2.C3H6O2/c1-2-21-15(20)13(12-6-5-8-16-10-12)11-18-19-14-7-3-4-9-17-14;1-10-4-6-16-13(7-10)18-14(19)12(9-17-18)11-3-2-5-15-8-11;18-13-11(10-4-3-6-14-8-10)9-16-17(13)12-5-1-2-7-15-12;1-2-14-10(13)9(7-12)8-4-3-5-11-6-8;1-2-12-9(11)6-8-4-3-5-10-7-8;1-6-2-3-9-7(4-6)5-8;7-5-6-3-1-2-4-8-6;1-2-5-3-4/h3-11,18H,2H2,1H3,(H,17,19);2-9,17H,1H3;1-9,16H;3-7,12H,2H2,1H3;3-5,7H,2,6H2,1H3;2-4H,5,8H2,1H3;1-4H,5,7H2;3H,2H2,1H3. The van der Waals surface area contributed by atoms with E-state index in [0.717, 1.165) is 39.9 Å². The molecule has 9 N–H and O–H groups in total. The second-order valence-corrected chi connectivity index (χ2v) is 21.0. The number of nitrogens with two attached hydrogens (primary N) is 2. The van der Waals surface area contributed by atoms with Gasteiger partial charge >= 0.3 is 17.9 Å². The molecule has 0 radical (unpaired) electrons. The fourth-order valence-corrected chi connectivity index (χ4v) is 8.43. The maximum Gasteiger partial charge on any atom is 0.341 e. The number of nitrogens with one attached hydrogen (secondary N) is 4. The third-order valence-corrected chi connectivity index (χ3v) is 13.4. The fraction of sp³-hybridized carbons (Fsp3) is 0.169. The zero-order chi connectivity index (χ0) is 76.4. The summed E-state index contributed by atoms with van der Waals surface area (Å²) in [5.41, 5.74) is 25.6. The Hall–Kier alpha value is -13.8. The minimum atomic E-state index is -0.553. The Balaban J connectivity index is 0.000000224. The van der Waals surface area contributed by atoms with Crippen LogP contribution < -0.4 is 33.4 Å². The van der Waals surface area contributed by atoms with Crippen LogP contribution in [-0.4, -0.2) is 125 Å². The van der Waals surface area contributed by atoms with Crippen molar-refractivity contribution in [3.05, 3.63) is 317 Å². The molecule has 548 valence electrons. The van der Waals surface area contributed by atoms with Crippen LogP contribution in [0.25, 0.3) is 45.0 Å². The Kier molecular flexibility index (Phi) is 38.2. The molecule has 29 heteroatoms. The molecule has 0 bridgehead atoms.